The number of nitrogens with zero attached hydrogens (tertiary/aromatic N) is 1. The lowest BCUT2D eigenvalue weighted by atomic mass is 10.0. The van der Waals surface area contributed by atoms with E-state index >= 15 is 0 Å². The van der Waals surface area contributed by atoms with Gasteiger partial charge in [0.05, 0.1) is 0 Å². The number of hydrogen-bond donors (Lipinski definition) is 1. The van der Waals surface area contributed by atoms with E-state index in [4.69, 9.17) is 28.8 Å². The molecule has 0 bridgehead atoms. The third-order valence-electron chi connectivity index (χ3n) is 3.92. The molecule has 0 aromatic heterocycles. The molecule has 1 spiro atoms. The molecule has 1 aliphatic heterocycles. The minimum atomic E-state index is -0.148. The Balaban J connectivity index is 1.94. The molecule has 1 aliphatic carbocycles. The van der Waals surface area contributed by atoms with Gasteiger partial charge in [-0.2, -0.15) is 0 Å². The Hall–Kier alpha value is -0.930. The molecule has 2 aliphatic rings. The van der Waals surface area contributed by atoms with E-state index in [0.29, 0.717) is 0 Å². The van der Waals surface area contributed by atoms with E-state index in [1.165, 1.54) is 25.7 Å². The van der Waals surface area contributed by atoms with Crippen LogP contribution in [-0.4, -0.2) is 16.4 Å². The van der Waals surface area contributed by atoms with Crippen LogP contribution in [0.25, 0.3) is 0 Å². The van der Waals surface area contributed by atoms with Gasteiger partial charge in [-0.25, -0.2) is 0 Å². The van der Waals surface area contributed by atoms with Crippen molar-refractivity contribution in [3.05, 3.63) is 34.9 Å². The van der Waals surface area contributed by atoms with Crippen molar-refractivity contribution >= 4 is 34.5 Å². The predicted octanol–water partition coefficient (Wildman–Crippen LogP) is 4.11. The first-order valence-electron chi connectivity index (χ1n) is 6.87. The lowest BCUT2D eigenvalue weighted by molar-refractivity contribution is 0.360. The van der Waals surface area contributed by atoms with Crippen molar-refractivity contribution in [2.24, 2.45) is 4.99 Å². The zero-order valence-corrected chi connectivity index (χ0v) is 12.4. The fourth-order valence-electron chi connectivity index (χ4n) is 2.94. The van der Waals surface area contributed by atoms with Gasteiger partial charge in [-0.15, -0.1) is 0 Å². The Morgan fingerprint density at radius 2 is 1.89 bits per heavy atom. The van der Waals surface area contributed by atoms with Gasteiger partial charge in [-0.3, -0.25) is 4.99 Å². The van der Waals surface area contributed by atoms with Gasteiger partial charge in [0.2, 0.25) is 0 Å². The van der Waals surface area contributed by atoms with Gasteiger partial charge >= 0.3 is 0 Å². The number of hydrogen-bond acceptors (Lipinski definition) is 2. The van der Waals surface area contributed by atoms with Crippen LogP contribution in [0.2, 0.25) is 5.02 Å². The zero-order valence-electron chi connectivity index (χ0n) is 10.8. The molecule has 1 aromatic rings. The van der Waals surface area contributed by atoms with Crippen LogP contribution in [0.3, 0.4) is 0 Å². The Morgan fingerprint density at radius 3 is 2.58 bits per heavy atom. The second kappa shape index (κ2) is 5.22. The third kappa shape index (κ3) is 2.67. The standard InChI is InChI=1S/C15H17ClN2S/c16-12-7-5-6-11(10-12)13-14(19)18-15(17-13)8-3-1-2-4-9-15/h5-7,10H,1-4,8-9H2,(H,18,19). The van der Waals surface area contributed by atoms with Gasteiger partial charge in [0.15, 0.2) is 0 Å². The van der Waals surface area contributed by atoms with Gasteiger partial charge in [-0.05, 0) is 37.8 Å². The summed E-state index contributed by atoms with van der Waals surface area (Å²) < 4.78 is 0. The van der Waals surface area contributed by atoms with Crippen LogP contribution in [0.4, 0.5) is 0 Å². The van der Waals surface area contributed by atoms with Crippen molar-refractivity contribution in [1.29, 1.82) is 0 Å². The van der Waals surface area contributed by atoms with Crippen molar-refractivity contribution in [3.8, 4) is 0 Å². The molecule has 100 valence electrons. The number of benzene rings is 1. The molecule has 1 fully saturated rings. The van der Waals surface area contributed by atoms with Crippen LogP contribution < -0.4 is 5.32 Å². The van der Waals surface area contributed by atoms with Gasteiger partial charge in [-0.1, -0.05) is 48.8 Å². The SMILES string of the molecule is S=C1NC2(CCCCCC2)N=C1c1cccc(Cl)c1. The highest BCUT2D eigenvalue weighted by Crippen LogP contribution is 2.32. The summed E-state index contributed by atoms with van der Waals surface area (Å²) in [7, 11) is 0. The van der Waals surface area contributed by atoms with Crippen LogP contribution in [0, 0.1) is 0 Å². The molecular weight excluding hydrogens is 276 g/mol. The smallest absolute Gasteiger partial charge is 0.131 e. The molecule has 0 radical (unpaired) electrons. The zero-order chi connectivity index (χ0) is 13.3. The minimum absolute atomic E-state index is 0.148. The van der Waals surface area contributed by atoms with Crippen molar-refractivity contribution in [2.75, 3.05) is 0 Å². The first-order chi connectivity index (χ1) is 9.19. The van der Waals surface area contributed by atoms with Crippen molar-refractivity contribution in [1.82, 2.24) is 5.32 Å². The van der Waals surface area contributed by atoms with E-state index in [2.05, 4.69) is 5.32 Å². The Kier molecular flexibility index (Phi) is 3.59. The highest BCUT2D eigenvalue weighted by atomic mass is 35.5. The lowest BCUT2D eigenvalue weighted by Crippen LogP contribution is -2.41. The number of halogens is 1. The second-order valence-corrected chi connectivity index (χ2v) is 6.22. The Morgan fingerprint density at radius 1 is 1.16 bits per heavy atom. The average molecular weight is 293 g/mol. The Labute approximate surface area is 124 Å². The number of rotatable bonds is 1. The quantitative estimate of drug-likeness (QED) is 0.788. The third-order valence-corrected chi connectivity index (χ3v) is 4.45. The van der Waals surface area contributed by atoms with Gasteiger partial charge in [0, 0.05) is 10.6 Å². The highest BCUT2D eigenvalue weighted by Gasteiger charge is 2.37. The molecule has 19 heavy (non-hydrogen) atoms. The Bertz CT molecular complexity index is 531. The summed E-state index contributed by atoms with van der Waals surface area (Å²) in [5, 5.41) is 4.19. The summed E-state index contributed by atoms with van der Waals surface area (Å²) in [6.07, 6.45) is 7.22. The van der Waals surface area contributed by atoms with Gasteiger partial charge in [0.1, 0.15) is 16.4 Å². The maximum absolute atomic E-state index is 6.06. The maximum Gasteiger partial charge on any atom is 0.131 e. The maximum atomic E-state index is 6.06. The van der Waals surface area contributed by atoms with E-state index in [9.17, 15) is 0 Å². The van der Waals surface area contributed by atoms with Gasteiger partial charge < -0.3 is 5.32 Å². The average Bonchev–Trinajstić information content (AvgIpc) is 2.57. The van der Waals surface area contributed by atoms with Gasteiger partial charge in [0.25, 0.3) is 0 Å². The largest absolute Gasteiger partial charge is 0.351 e. The molecule has 3 rings (SSSR count). The molecule has 0 unspecified atom stereocenters. The molecule has 1 saturated carbocycles. The fraction of sp³-hybridized carbons (Fsp3) is 0.467. The van der Waals surface area contributed by atoms with E-state index in [0.717, 1.165) is 34.1 Å². The second-order valence-electron chi connectivity index (χ2n) is 5.37. The molecule has 4 heteroatoms. The predicted molar refractivity (Wildman–Crippen MR) is 84.2 cm³/mol. The summed E-state index contributed by atoms with van der Waals surface area (Å²) in [6.45, 7) is 0. The molecule has 1 aromatic carbocycles. The summed E-state index contributed by atoms with van der Waals surface area (Å²) in [5.41, 5.74) is 1.77. The first kappa shape index (κ1) is 13.1. The minimum Gasteiger partial charge on any atom is -0.351 e. The topological polar surface area (TPSA) is 24.4 Å². The van der Waals surface area contributed by atoms with E-state index < -0.39 is 0 Å². The van der Waals surface area contributed by atoms with Crippen LogP contribution >= 0.6 is 23.8 Å². The van der Waals surface area contributed by atoms with Crippen LogP contribution in [0.15, 0.2) is 29.3 Å². The molecule has 1 N–H and O–H groups in total. The molecule has 0 saturated heterocycles. The summed E-state index contributed by atoms with van der Waals surface area (Å²) in [5.74, 6) is 0. The lowest BCUT2D eigenvalue weighted by Gasteiger charge is -2.24. The molecular formula is C15H17ClN2S. The summed E-state index contributed by atoms with van der Waals surface area (Å²) in [4.78, 5) is 5.70. The van der Waals surface area contributed by atoms with E-state index in [-0.39, 0.29) is 5.66 Å². The number of thiocarbonyl (C=S) groups is 1. The fourth-order valence-corrected chi connectivity index (χ4v) is 3.49. The number of aliphatic imine (C=N–C) groups is 1. The van der Waals surface area contributed by atoms with Crippen LogP contribution in [0.5, 0.6) is 0 Å². The molecule has 2 nitrogen and oxygen atoms in total. The van der Waals surface area contributed by atoms with Crippen LogP contribution in [0.1, 0.15) is 44.1 Å². The van der Waals surface area contributed by atoms with E-state index in [1.54, 1.807) is 0 Å². The van der Waals surface area contributed by atoms with Crippen molar-refractivity contribution < 1.29 is 0 Å². The highest BCUT2D eigenvalue weighted by molar-refractivity contribution is 7.82. The summed E-state index contributed by atoms with van der Waals surface area (Å²) >= 11 is 11.5. The molecule has 1 heterocycles. The number of nitrogens with one attached hydrogen (secondary N) is 1. The van der Waals surface area contributed by atoms with Crippen molar-refractivity contribution in [2.45, 2.75) is 44.2 Å². The first-order valence-corrected chi connectivity index (χ1v) is 7.66. The molecule has 0 atom stereocenters. The normalized spacial score (nSPS) is 21.9. The summed E-state index contributed by atoms with van der Waals surface area (Å²) in [6, 6.07) is 7.78. The monoisotopic (exact) mass is 292 g/mol. The molecule has 0 amide bonds. The van der Waals surface area contributed by atoms with E-state index in [1.807, 2.05) is 24.3 Å². The van der Waals surface area contributed by atoms with Crippen LogP contribution in [-0.2, 0) is 0 Å². The van der Waals surface area contributed by atoms with Crippen molar-refractivity contribution in [3.63, 3.8) is 0 Å².